The van der Waals surface area contributed by atoms with Crippen molar-refractivity contribution in [3.05, 3.63) is 0 Å². The molecule has 0 spiro atoms. The summed E-state index contributed by atoms with van der Waals surface area (Å²) >= 11 is 0. The summed E-state index contributed by atoms with van der Waals surface area (Å²) in [5.74, 6) is -3.96. The van der Waals surface area contributed by atoms with Gasteiger partial charge in [0.1, 0.15) is 46.8 Å². The van der Waals surface area contributed by atoms with E-state index in [0.717, 1.165) is 89.9 Å². The van der Waals surface area contributed by atoms with Crippen molar-refractivity contribution < 1.29 is 115 Å². The Balaban J connectivity index is 0.000000166. The number of cyclic esters (lactones) is 1. The Labute approximate surface area is 690 Å². The van der Waals surface area contributed by atoms with Crippen LogP contribution in [0.5, 0.6) is 0 Å². The molecule has 8 saturated heterocycles. The highest BCUT2D eigenvalue weighted by molar-refractivity contribution is 5.85. The van der Waals surface area contributed by atoms with Crippen molar-refractivity contribution in [2.24, 2.45) is 88.1 Å². The Kier molecular flexibility index (Phi) is 26.5. The molecule has 0 radical (unpaired) electrons. The zero-order chi connectivity index (χ0) is 86.9. The van der Waals surface area contributed by atoms with E-state index in [1.165, 1.54) is 0 Å². The number of carbonyl (C=O) groups excluding carboxylic acids is 11. The number of carbonyl (C=O) groups is 12. The molecule has 16 bridgehead atoms. The number of aliphatic carboxylic acids is 1. The van der Waals surface area contributed by atoms with Crippen LogP contribution in [0.25, 0.3) is 0 Å². The van der Waals surface area contributed by atoms with Gasteiger partial charge in [-0.1, -0.05) is 69.2 Å². The molecule has 1 N–H and O–H groups in total. The Bertz CT molecular complexity index is 3770. The van der Waals surface area contributed by atoms with Gasteiger partial charge in [0.2, 0.25) is 0 Å². The molecule has 8 saturated carbocycles. The Hall–Kier alpha value is -6.36. The summed E-state index contributed by atoms with van der Waals surface area (Å²) in [6.45, 7) is 48.7. The molecule has 8 aliphatic heterocycles. The van der Waals surface area contributed by atoms with Gasteiger partial charge in [-0.05, 0) is 234 Å². The van der Waals surface area contributed by atoms with Crippen LogP contribution in [0.15, 0.2) is 0 Å². The van der Waals surface area contributed by atoms with E-state index in [-0.39, 0.29) is 124 Å². The quantitative estimate of drug-likeness (QED) is 0.0824. The minimum atomic E-state index is -1.02. The molecule has 8 aliphatic carbocycles. The molecule has 0 aromatic heterocycles. The minimum absolute atomic E-state index is 0.0142. The van der Waals surface area contributed by atoms with E-state index < -0.39 is 95.7 Å². The van der Waals surface area contributed by atoms with Crippen LogP contribution in [0.1, 0.15) is 352 Å². The summed E-state index contributed by atoms with van der Waals surface area (Å²) in [4.78, 5) is 148. The van der Waals surface area contributed by atoms with Crippen LogP contribution in [0.2, 0.25) is 0 Å². The highest BCUT2D eigenvalue weighted by Crippen LogP contribution is 2.64. The molecule has 24 nitrogen and oxygen atoms in total. The molecule has 8 heterocycles. The van der Waals surface area contributed by atoms with Crippen LogP contribution in [-0.4, -0.2) is 143 Å². The fourth-order valence-electron chi connectivity index (χ4n) is 22.2. The van der Waals surface area contributed by atoms with Crippen molar-refractivity contribution in [2.75, 3.05) is 19.8 Å². The molecule has 24 heteroatoms. The SMILES string of the molecule is CCC(C)(C)C(=O)OC12CC3CC(C(=O)O)(CC(C1)C(=O)O3)C2.CCC(C)(C)C(=O)OC12CC3CC(C(=O)OC(C)(C)C)(CC(C1)C(=O)O3)C2.CCC(C)(C)C(=O)OC12CC3CC(C)(C1)CC(C)(C2)C(=O)O3.CCC(C)(C)C(=O)OCCC1(C)CC2CC(C)(CC(=O)O2)C1.CCC(C)(C)C(=O)OCCC1(C)CC2CC(C)(COC2=O)C1. The maximum atomic E-state index is 13.1. The first-order chi connectivity index (χ1) is 53.1. The maximum absolute atomic E-state index is 13.1. The van der Waals surface area contributed by atoms with E-state index in [1.54, 1.807) is 0 Å². The molecule has 0 aromatic carbocycles. The zero-order valence-corrected chi connectivity index (χ0v) is 75.0. The van der Waals surface area contributed by atoms with Crippen LogP contribution < -0.4 is 0 Å². The molecule has 116 heavy (non-hydrogen) atoms. The van der Waals surface area contributed by atoms with E-state index in [4.69, 9.17) is 52.1 Å². The number of hydrogen-bond donors (Lipinski definition) is 1. The molecule has 0 aromatic rings. The van der Waals surface area contributed by atoms with Gasteiger partial charge in [0, 0.05) is 69.6 Å². The van der Waals surface area contributed by atoms with Crippen LogP contribution >= 0.6 is 0 Å². The van der Waals surface area contributed by atoms with E-state index >= 15 is 0 Å². The Morgan fingerprint density at radius 2 is 0.784 bits per heavy atom. The fourth-order valence-corrected chi connectivity index (χ4v) is 22.2. The summed E-state index contributed by atoms with van der Waals surface area (Å²) in [6.07, 6.45) is 18.1. The van der Waals surface area contributed by atoms with Gasteiger partial charge in [-0.25, -0.2) is 0 Å². The van der Waals surface area contributed by atoms with E-state index in [2.05, 4.69) is 34.6 Å². The zero-order valence-electron chi connectivity index (χ0n) is 75.0. The predicted octanol–water partition coefficient (Wildman–Crippen LogP) is 17.1. The third-order valence-corrected chi connectivity index (χ3v) is 29.5. The first-order valence-electron chi connectivity index (χ1n) is 43.6. The van der Waals surface area contributed by atoms with Crippen molar-refractivity contribution in [2.45, 2.75) is 399 Å². The second kappa shape index (κ2) is 32.9. The highest BCUT2D eigenvalue weighted by Gasteiger charge is 2.68. The second-order valence-corrected chi connectivity index (χ2v) is 44.9. The first kappa shape index (κ1) is 93.5. The molecule has 16 aliphatic rings. The monoisotopic (exact) mass is 1630 g/mol. The van der Waals surface area contributed by atoms with Crippen molar-refractivity contribution >= 4 is 71.6 Å². The lowest BCUT2D eigenvalue weighted by atomic mass is 9.53. The molecule has 18 unspecified atom stereocenters. The maximum Gasteiger partial charge on any atom is 0.312 e. The van der Waals surface area contributed by atoms with E-state index in [0.29, 0.717) is 103 Å². The highest BCUT2D eigenvalue weighted by atomic mass is 16.6. The third kappa shape index (κ3) is 21.0. The van der Waals surface area contributed by atoms with E-state index in [1.807, 2.05) is 132 Å². The second-order valence-electron chi connectivity index (χ2n) is 44.9. The summed E-state index contributed by atoms with van der Waals surface area (Å²) in [7, 11) is 0. The largest absolute Gasteiger partial charge is 0.481 e. The van der Waals surface area contributed by atoms with Gasteiger partial charge in [-0.2, -0.15) is 0 Å². The van der Waals surface area contributed by atoms with Gasteiger partial charge in [0.25, 0.3) is 0 Å². The summed E-state index contributed by atoms with van der Waals surface area (Å²) < 4.78 is 62.3. The van der Waals surface area contributed by atoms with E-state index in [9.17, 15) is 62.6 Å². The Morgan fingerprint density at radius 3 is 1.25 bits per heavy atom. The standard InChI is InChI=1S/C21H32O6.C18H28O4.2C18H30O4.C17H24O6/c1-7-19(5,6)16(23)27-21-9-13-8-20(12-21,17(24)26-18(2,3)4)10-14(11-21)25-15(13)22;1-6-15(2,3)13(19)22-18-8-12-7-16(4,10-18)9-17(5,11-18)14(20)21-12;1-6-16(2,3)15(20)21-8-7-17(4)9-13-10-18(5,11-17)12-22-14(13)19;1-6-16(2,3)15(20)21-8-7-17(4)9-13-10-18(5,12-17)11-14(19)22-13;1-4-15(2,3)14(21)23-17-6-10-5-16(9-17,13(19)20)7-11(8-17)22-12(10)18/h13-14H,7-12H2,1-6H3;12H,6-11H2,1-5H3;2*13H,6-12H2,1-5H3;10-11H,4-9H2,1-3H3,(H,19,20). The average Bonchev–Trinajstić information content (AvgIpc) is 1.33. The van der Waals surface area contributed by atoms with Gasteiger partial charge in [-0.3, -0.25) is 57.5 Å². The lowest BCUT2D eigenvalue weighted by Crippen LogP contribution is -2.57. The van der Waals surface area contributed by atoms with Crippen LogP contribution in [0.4, 0.5) is 0 Å². The van der Waals surface area contributed by atoms with Crippen LogP contribution in [0, 0.1) is 88.1 Å². The third-order valence-electron chi connectivity index (χ3n) is 29.5. The fraction of sp³-hybridized carbons (Fsp3) is 0.870. The van der Waals surface area contributed by atoms with Gasteiger partial charge in [-0.15, -0.1) is 0 Å². The summed E-state index contributed by atoms with van der Waals surface area (Å²) in [5.41, 5.74) is -7.50. The lowest BCUT2D eigenvalue weighted by Gasteiger charge is -2.54. The number of rotatable bonds is 21. The number of carboxylic acids is 1. The minimum Gasteiger partial charge on any atom is -0.481 e. The smallest absolute Gasteiger partial charge is 0.312 e. The topological polar surface area (TPSA) is 327 Å². The molecule has 0 amide bonds. The van der Waals surface area contributed by atoms with Gasteiger partial charge in [0.05, 0.1) is 87.3 Å². The van der Waals surface area contributed by atoms with Crippen molar-refractivity contribution in [1.82, 2.24) is 0 Å². The van der Waals surface area contributed by atoms with Crippen LogP contribution in [0.3, 0.4) is 0 Å². The number of ether oxygens (including phenoxy) is 11. The number of hydrogen-bond acceptors (Lipinski definition) is 23. The van der Waals surface area contributed by atoms with Gasteiger partial charge >= 0.3 is 71.6 Å². The average molecular weight is 1630 g/mol. The number of esters is 11. The normalized spacial score (nSPS) is 37.5. The number of fused-ring (bicyclic) bond motifs is 7. The van der Waals surface area contributed by atoms with Crippen molar-refractivity contribution in [3.8, 4) is 0 Å². The molecule has 656 valence electrons. The first-order valence-corrected chi connectivity index (χ1v) is 43.6. The summed E-state index contributed by atoms with van der Waals surface area (Å²) in [5, 5.41) is 9.74. The van der Waals surface area contributed by atoms with Crippen molar-refractivity contribution in [1.29, 1.82) is 0 Å². The number of carboxylic acid groups (broad SMARTS) is 1. The predicted molar refractivity (Wildman–Crippen MR) is 427 cm³/mol. The van der Waals surface area contributed by atoms with Crippen LogP contribution in [-0.2, 0) is 110 Å². The van der Waals surface area contributed by atoms with Crippen molar-refractivity contribution in [3.63, 3.8) is 0 Å². The lowest BCUT2D eigenvalue weighted by molar-refractivity contribution is -0.205. The Morgan fingerprint density at radius 1 is 0.388 bits per heavy atom. The molecule has 16 rings (SSSR count). The molecule has 16 fully saturated rings. The summed E-state index contributed by atoms with van der Waals surface area (Å²) in [6, 6.07) is 0. The molecular formula is C92H144O24. The molecular weight excluding hydrogens is 1490 g/mol. The van der Waals surface area contributed by atoms with Gasteiger partial charge in [0.15, 0.2) is 0 Å². The molecule has 18 atom stereocenters. The van der Waals surface area contributed by atoms with Gasteiger partial charge < -0.3 is 57.2 Å².